The van der Waals surface area contributed by atoms with E-state index in [1.165, 1.54) is 0 Å². The summed E-state index contributed by atoms with van der Waals surface area (Å²) in [6, 6.07) is 7.44. The Bertz CT molecular complexity index is 706. The van der Waals surface area contributed by atoms with E-state index < -0.39 is 0 Å². The second kappa shape index (κ2) is 5.96. The minimum absolute atomic E-state index is 0.192. The number of methoxy groups -OCH3 is 1. The number of rotatable bonds is 6. The zero-order valence-corrected chi connectivity index (χ0v) is 13.9. The number of ether oxygens (including phenoxy) is 2. The van der Waals surface area contributed by atoms with E-state index in [1.807, 2.05) is 35.9 Å². The van der Waals surface area contributed by atoms with Crippen LogP contribution in [-0.4, -0.2) is 41.6 Å². The molecular weight excluding hydrogens is 311 g/mol. The van der Waals surface area contributed by atoms with Crippen molar-refractivity contribution < 1.29 is 13.9 Å². The van der Waals surface area contributed by atoms with Crippen LogP contribution in [0.2, 0.25) is 0 Å². The van der Waals surface area contributed by atoms with Crippen molar-refractivity contribution in [2.75, 3.05) is 31.8 Å². The molecule has 0 N–H and O–H groups in total. The average molecular weight is 332 g/mol. The van der Waals surface area contributed by atoms with Crippen molar-refractivity contribution in [2.45, 2.75) is 6.61 Å². The first-order valence-corrected chi connectivity index (χ1v) is 8.17. The van der Waals surface area contributed by atoms with Gasteiger partial charge < -0.3 is 14.4 Å². The van der Waals surface area contributed by atoms with Gasteiger partial charge in [0.25, 0.3) is 0 Å². The molecule has 24 heavy (non-hydrogen) atoms. The minimum atomic E-state index is -0.192. The van der Waals surface area contributed by atoms with Gasteiger partial charge in [0.2, 0.25) is 5.95 Å². The van der Waals surface area contributed by atoms with Gasteiger partial charge in [0, 0.05) is 20.1 Å². The lowest BCUT2D eigenvalue weighted by atomic mass is 10.3. The van der Waals surface area contributed by atoms with Gasteiger partial charge in [-0.15, -0.1) is 10.2 Å². The Morgan fingerprint density at radius 2 is 1.79 bits per heavy atom. The molecule has 2 fully saturated rings. The van der Waals surface area contributed by atoms with Crippen LogP contribution in [0, 0.1) is 17.8 Å². The highest BCUT2D eigenvalue weighted by atomic mass is 19.1. The molecule has 1 aliphatic carbocycles. The molecule has 7 heteroatoms. The average Bonchev–Trinajstić information content (AvgIpc) is 2.93. The summed E-state index contributed by atoms with van der Waals surface area (Å²) in [7, 11) is 3.58. The summed E-state index contributed by atoms with van der Waals surface area (Å²) in [5, 5.41) is 8.52. The van der Waals surface area contributed by atoms with Crippen LogP contribution < -0.4 is 14.4 Å². The topological polar surface area (TPSA) is 52.4 Å². The minimum Gasteiger partial charge on any atom is -0.497 e. The van der Waals surface area contributed by atoms with E-state index in [0.717, 1.165) is 36.4 Å². The third kappa shape index (κ3) is 2.57. The third-order valence-corrected chi connectivity index (χ3v) is 5.20. The van der Waals surface area contributed by atoms with Crippen molar-refractivity contribution in [1.29, 1.82) is 0 Å². The quantitative estimate of drug-likeness (QED) is 0.810. The van der Waals surface area contributed by atoms with Gasteiger partial charge in [0.1, 0.15) is 18.1 Å². The predicted octanol–water partition coefficient (Wildman–Crippen LogP) is 2.05. The SMILES string of the molecule is COc1ccc(OCc2nnc(N3C[C@@H]4C(CF)[C@@H]4C3)n2C)cc1. The fourth-order valence-electron chi connectivity index (χ4n) is 3.61. The predicted molar refractivity (Wildman–Crippen MR) is 87.0 cm³/mol. The Morgan fingerprint density at radius 1 is 1.12 bits per heavy atom. The van der Waals surface area contributed by atoms with E-state index in [1.54, 1.807) is 7.11 Å². The van der Waals surface area contributed by atoms with Crippen molar-refractivity contribution in [3.63, 3.8) is 0 Å². The van der Waals surface area contributed by atoms with Gasteiger partial charge in [0.15, 0.2) is 5.82 Å². The van der Waals surface area contributed by atoms with Crippen LogP contribution in [0.5, 0.6) is 11.5 Å². The molecule has 0 radical (unpaired) electrons. The molecule has 6 nitrogen and oxygen atoms in total. The summed E-state index contributed by atoms with van der Waals surface area (Å²) in [6.07, 6.45) is 0. The maximum atomic E-state index is 12.7. The van der Waals surface area contributed by atoms with Gasteiger partial charge in [-0.25, -0.2) is 0 Å². The number of hydrogen-bond donors (Lipinski definition) is 0. The van der Waals surface area contributed by atoms with Crippen LogP contribution in [-0.2, 0) is 13.7 Å². The first-order valence-electron chi connectivity index (χ1n) is 8.17. The van der Waals surface area contributed by atoms with Crippen molar-refractivity contribution >= 4 is 5.95 Å². The summed E-state index contributed by atoms with van der Waals surface area (Å²) >= 11 is 0. The molecule has 128 valence electrons. The van der Waals surface area contributed by atoms with Crippen LogP contribution in [0.3, 0.4) is 0 Å². The largest absolute Gasteiger partial charge is 0.497 e. The summed E-state index contributed by atoms with van der Waals surface area (Å²) in [6.45, 7) is 1.92. The standard InChI is InChI=1S/C17H21FN4O2/c1-21-16(10-24-12-5-3-11(23-2)4-6-12)19-20-17(21)22-8-14-13(7-18)15(14)9-22/h3-6,13-15H,7-10H2,1-2H3/t13?,14-,15+. The molecular formula is C17H21FN4O2. The van der Waals surface area contributed by atoms with Gasteiger partial charge in [-0.05, 0) is 42.0 Å². The Balaban J connectivity index is 1.38. The molecule has 0 spiro atoms. The first kappa shape index (κ1) is 15.2. The smallest absolute Gasteiger partial charge is 0.227 e. The highest BCUT2D eigenvalue weighted by molar-refractivity contribution is 5.36. The fraction of sp³-hybridized carbons (Fsp3) is 0.529. The Morgan fingerprint density at radius 3 is 2.42 bits per heavy atom. The zero-order chi connectivity index (χ0) is 16.7. The van der Waals surface area contributed by atoms with Crippen LogP contribution in [0.15, 0.2) is 24.3 Å². The molecule has 2 heterocycles. The van der Waals surface area contributed by atoms with E-state index >= 15 is 0 Å². The van der Waals surface area contributed by atoms with E-state index in [0.29, 0.717) is 18.4 Å². The fourth-order valence-corrected chi connectivity index (χ4v) is 3.61. The van der Waals surface area contributed by atoms with E-state index in [9.17, 15) is 4.39 Å². The molecule has 1 saturated heterocycles. The van der Waals surface area contributed by atoms with Crippen LogP contribution in [0.25, 0.3) is 0 Å². The van der Waals surface area contributed by atoms with Crippen LogP contribution in [0.4, 0.5) is 10.3 Å². The Kier molecular flexibility index (Phi) is 3.78. The highest BCUT2D eigenvalue weighted by Crippen LogP contribution is 2.52. The summed E-state index contributed by atoms with van der Waals surface area (Å²) in [4.78, 5) is 2.20. The molecule has 1 saturated carbocycles. The molecule has 1 aromatic heterocycles. The van der Waals surface area contributed by atoms with Crippen LogP contribution >= 0.6 is 0 Å². The molecule has 3 atom stereocenters. The Labute approximate surface area is 140 Å². The molecule has 0 amide bonds. The molecule has 2 aliphatic rings. The van der Waals surface area contributed by atoms with Crippen molar-refractivity contribution in [3.8, 4) is 11.5 Å². The second-order valence-corrected chi connectivity index (χ2v) is 6.49. The van der Waals surface area contributed by atoms with Gasteiger partial charge >= 0.3 is 0 Å². The van der Waals surface area contributed by atoms with E-state index in [-0.39, 0.29) is 12.6 Å². The molecule has 4 rings (SSSR count). The molecule has 1 aliphatic heterocycles. The third-order valence-electron chi connectivity index (χ3n) is 5.20. The number of benzene rings is 1. The normalized spacial score (nSPS) is 24.8. The van der Waals surface area contributed by atoms with Gasteiger partial charge in [-0.1, -0.05) is 0 Å². The number of alkyl halides is 1. The number of hydrogen-bond acceptors (Lipinski definition) is 5. The van der Waals surface area contributed by atoms with Gasteiger partial charge in [0.05, 0.1) is 13.8 Å². The number of halogens is 1. The van der Waals surface area contributed by atoms with Gasteiger partial charge in [-0.2, -0.15) is 0 Å². The lowest BCUT2D eigenvalue weighted by Crippen LogP contribution is -2.27. The first-order chi connectivity index (χ1) is 11.7. The molecule has 2 aromatic rings. The molecule has 1 unspecified atom stereocenters. The molecule has 1 aromatic carbocycles. The van der Waals surface area contributed by atoms with Crippen molar-refractivity contribution in [3.05, 3.63) is 30.1 Å². The van der Waals surface area contributed by atoms with E-state index in [2.05, 4.69) is 15.1 Å². The lowest BCUT2D eigenvalue weighted by Gasteiger charge is -2.19. The number of anilines is 1. The maximum Gasteiger partial charge on any atom is 0.227 e. The zero-order valence-electron chi connectivity index (χ0n) is 13.9. The highest BCUT2D eigenvalue weighted by Gasteiger charge is 2.56. The monoisotopic (exact) mass is 332 g/mol. The Hall–Kier alpha value is -2.31. The van der Waals surface area contributed by atoms with E-state index in [4.69, 9.17) is 9.47 Å². The van der Waals surface area contributed by atoms with Crippen LogP contribution in [0.1, 0.15) is 5.82 Å². The maximum absolute atomic E-state index is 12.7. The number of nitrogens with zero attached hydrogens (tertiary/aromatic N) is 4. The summed E-state index contributed by atoms with van der Waals surface area (Å²) < 4.78 is 25.6. The van der Waals surface area contributed by atoms with Gasteiger partial charge in [-0.3, -0.25) is 8.96 Å². The number of aromatic nitrogens is 3. The van der Waals surface area contributed by atoms with Crippen molar-refractivity contribution in [1.82, 2.24) is 14.8 Å². The summed E-state index contributed by atoms with van der Waals surface area (Å²) in [5.41, 5.74) is 0. The molecule has 0 bridgehead atoms. The second-order valence-electron chi connectivity index (χ2n) is 6.49. The van der Waals surface area contributed by atoms with Crippen molar-refractivity contribution in [2.24, 2.45) is 24.8 Å². The number of piperidine rings is 1. The summed E-state index contributed by atoms with van der Waals surface area (Å²) in [5.74, 6) is 4.41. The lowest BCUT2D eigenvalue weighted by molar-refractivity contribution is 0.290. The number of fused-ring (bicyclic) bond motifs is 1.